The maximum Gasteiger partial charge on any atom is 0.437 e. The van der Waals surface area contributed by atoms with E-state index in [1.165, 1.54) is 22.8 Å². The Bertz CT molecular complexity index is 887. The summed E-state index contributed by atoms with van der Waals surface area (Å²) in [5, 5.41) is 34.5. The van der Waals surface area contributed by atoms with Crippen LogP contribution in [-0.4, -0.2) is 39.0 Å². The molecule has 3 rings (SSSR count). The van der Waals surface area contributed by atoms with Crippen LogP contribution in [0.15, 0.2) is 35.7 Å². The second kappa shape index (κ2) is 6.43. The monoisotopic (exact) mass is 402 g/mol. The molecule has 2 heterocycles. The van der Waals surface area contributed by atoms with E-state index in [9.17, 15) is 38.1 Å². The molecule has 1 fully saturated rings. The summed E-state index contributed by atoms with van der Waals surface area (Å²) < 4.78 is 41.0. The molecule has 0 aliphatic carbocycles. The quantitative estimate of drug-likeness (QED) is 0.399. The molecule has 0 unspecified atom stereocenters. The van der Waals surface area contributed by atoms with E-state index in [0.717, 1.165) is 29.5 Å². The predicted octanol–water partition coefficient (Wildman–Crippen LogP) is 2.26. The minimum absolute atomic E-state index is 0.0476. The Morgan fingerprint density at radius 2 is 1.89 bits per heavy atom. The van der Waals surface area contributed by atoms with Crippen molar-refractivity contribution in [2.24, 2.45) is 5.92 Å². The molecular formula is C16H13F3N2O5S. The highest BCUT2D eigenvalue weighted by Gasteiger charge is 2.66. The van der Waals surface area contributed by atoms with Crippen LogP contribution in [0.2, 0.25) is 0 Å². The number of alkyl halides is 3. The van der Waals surface area contributed by atoms with Crippen LogP contribution in [-0.2, 0) is 0 Å². The SMILES string of the molecule is O=C1N[C@H](c2ccc(O)c(O)c2)[C@@H](C(=O)c2cccs2)[C@@](O)(C(F)(F)F)N1. The van der Waals surface area contributed by atoms with E-state index < -0.39 is 47.2 Å². The molecule has 144 valence electrons. The maximum atomic E-state index is 13.7. The van der Waals surface area contributed by atoms with Crippen molar-refractivity contribution in [1.29, 1.82) is 0 Å². The van der Waals surface area contributed by atoms with Crippen molar-refractivity contribution in [2.45, 2.75) is 17.9 Å². The standard InChI is InChI=1S/C16H13F3N2O5S/c17-16(18,19)15(26)11(13(24)10-2-1-5-27-10)12(20-14(25)21-15)7-3-4-8(22)9(23)6-7/h1-6,11-12,22-23,26H,(H2,20,21,25)/t11-,12+,15+/m0/s1. The summed E-state index contributed by atoms with van der Waals surface area (Å²) in [6.07, 6.45) is -5.36. The van der Waals surface area contributed by atoms with Crippen molar-refractivity contribution >= 4 is 23.2 Å². The van der Waals surface area contributed by atoms with Gasteiger partial charge in [-0.2, -0.15) is 13.2 Å². The zero-order valence-electron chi connectivity index (χ0n) is 13.3. The van der Waals surface area contributed by atoms with Gasteiger partial charge in [0, 0.05) is 0 Å². The van der Waals surface area contributed by atoms with E-state index in [1.54, 1.807) is 0 Å². The van der Waals surface area contributed by atoms with Gasteiger partial charge in [-0.15, -0.1) is 11.3 Å². The van der Waals surface area contributed by atoms with E-state index in [-0.39, 0.29) is 10.4 Å². The minimum Gasteiger partial charge on any atom is -0.504 e. The van der Waals surface area contributed by atoms with Crippen LogP contribution in [0.5, 0.6) is 11.5 Å². The van der Waals surface area contributed by atoms with Gasteiger partial charge < -0.3 is 26.0 Å². The molecule has 1 saturated heterocycles. The van der Waals surface area contributed by atoms with E-state index in [0.29, 0.717) is 0 Å². The van der Waals surface area contributed by atoms with Crippen molar-refractivity contribution < 1.29 is 38.1 Å². The number of hydrogen-bond acceptors (Lipinski definition) is 6. The van der Waals surface area contributed by atoms with E-state index in [2.05, 4.69) is 5.32 Å². The van der Waals surface area contributed by atoms with Gasteiger partial charge in [0.05, 0.1) is 10.9 Å². The van der Waals surface area contributed by atoms with Crippen molar-refractivity contribution in [2.75, 3.05) is 0 Å². The predicted molar refractivity (Wildman–Crippen MR) is 87.3 cm³/mol. The first-order valence-electron chi connectivity index (χ1n) is 7.52. The third kappa shape index (κ3) is 3.19. The number of nitrogens with one attached hydrogen (secondary N) is 2. The largest absolute Gasteiger partial charge is 0.504 e. The lowest BCUT2D eigenvalue weighted by molar-refractivity contribution is -0.287. The molecule has 0 radical (unpaired) electrons. The number of urea groups is 1. The van der Waals surface area contributed by atoms with Gasteiger partial charge in [-0.3, -0.25) is 4.79 Å². The number of Topliss-reactive ketones (excluding diaryl/α,β-unsaturated/α-hetero) is 1. The fraction of sp³-hybridized carbons (Fsp3) is 0.250. The fourth-order valence-electron chi connectivity index (χ4n) is 2.92. The molecule has 5 N–H and O–H groups in total. The van der Waals surface area contributed by atoms with Gasteiger partial charge in [-0.25, -0.2) is 4.79 Å². The Labute approximate surface area is 154 Å². The topological polar surface area (TPSA) is 119 Å². The molecular weight excluding hydrogens is 389 g/mol. The maximum absolute atomic E-state index is 13.7. The summed E-state index contributed by atoms with van der Waals surface area (Å²) in [7, 11) is 0. The first kappa shape index (κ1) is 19.0. The van der Waals surface area contributed by atoms with Crippen molar-refractivity contribution in [1.82, 2.24) is 10.6 Å². The van der Waals surface area contributed by atoms with Crippen LogP contribution in [0.25, 0.3) is 0 Å². The van der Waals surface area contributed by atoms with E-state index >= 15 is 0 Å². The van der Waals surface area contributed by atoms with Crippen molar-refractivity contribution in [3.63, 3.8) is 0 Å². The number of rotatable bonds is 3. The van der Waals surface area contributed by atoms with Crippen LogP contribution < -0.4 is 10.6 Å². The average Bonchev–Trinajstić information content (AvgIpc) is 3.09. The third-order valence-corrected chi connectivity index (χ3v) is 5.10. The molecule has 2 aromatic rings. The number of halogens is 3. The number of hydrogen-bond donors (Lipinski definition) is 5. The second-order valence-electron chi connectivity index (χ2n) is 5.91. The van der Waals surface area contributed by atoms with Crippen LogP contribution >= 0.6 is 11.3 Å². The average molecular weight is 402 g/mol. The Morgan fingerprint density at radius 3 is 2.44 bits per heavy atom. The van der Waals surface area contributed by atoms with Gasteiger partial charge >= 0.3 is 12.2 Å². The molecule has 27 heavy (non-hydrogen) atoms. The molecule has 0 bridgehead atoms. The first-order chi connectivity index (χ1) is 12.5. The van der Waals surface area contributed by atoms with Crippen molar-refractivity contribution in [3.8, 4) is 11.5 Å². The highest BCUT2D eigenvalue weighted by Crippen LogP contribution is 2.45. The highest BCUT2D eigenvalue weighted by molar-refractivity contribution is 7.12. The van der Waals surface area contributed by atoms with Crippen LogP contribution in [0, 0.1) is 5.92 Å². The van der Waals surface area contributed by atoms with Gasteiger partial charge in [-0.05, 0) is 29.1 Å². The lowest BCUT2D eigenvalue weighted by Crippen LogP contribution is -2.72. The highest BCUT2D eigenvalue weighted by atomic mass is 32.1. The molecule has 1 aliphatic heterocycles. The first-order valence-corrected chi connectivity index (χ1v) is 8.40. The van der Waals surface area contributed by atoms with E-state index in [4.69, 9.17) is 0 Å². The number of phenols is 2. The number of aliphatic hydroxyl groups is 1. The molecule has 0 spiro atoms. The summed E-state index contributed by atoms with van der Waals surface area (Å²) in [6.45, 7) is 0. The number of thiophene rings is 1. The zero-order valence-corrected chi connectivity index (χ0v) is 14.1. The lowest BCUT2D eigenvalue weighted by Gasteiger charge is -2.44. The van der Waals surface area contributed by atoms with Gasteiger partial charge in [0.15, 0.2) is 17.3 Å². The summed E-state index contributed by atoms with van der Waals surface area (Å²) >= 11 is 0.882. The molecule has 11 heteroatoms. The normalized spacial score (nSPS) is 25.6. The van der Waals surface area contributed by atoms with Crippen LogP contribution in [0.3, 0.4) is 0 Å². The third-order valence-electron chi connectivity index (χ3n) is 4.21. The van der Waals surface area contributed by atoms with E-state index in [1.807, 2.05) is 0 Å². The van der Waals surface area contributed by atoms with Crippen LogP contribution in [0.1, 0.15) is 21.3 Å². The molecule has 2 amide bonds. The molecule has 1 aromatic carbocycles. The zero-order chi connectivity index (χ0) is 20.0. The summed E-state index contributed by atoms with van der Waals surface area (Å²) in [6, 6.07) is 2.84. The van der Waals surface area contributed by atoms with Crippen LogP contribution in [0.4, 0.5) is 18.0 Å². The molecule has 0 saturated carbocycles. The Kier molecular flexibility index (Phi) is 4.52. The number of phenolic OH excluding ortho intramolecular Hbond substituents is 2. The Balaban J connectivity index is 2.17. The minimum atomic E-state index is -5.36. The summed E-state index contributed by atoms with van der Waals surface area (Å²) in [5.41, 5.74) is -3.94. The number of ketones is 1. The summed E-state index contributed by atoms with van der Waals surface area (Å²) in [4.78, 5) is 24.6. The number of carbonyl (C=O) groups excluding carboxylic acids is 2. The Morgan fingerprint density at radius 1 is 1.19 bits per heavy atom. The smallest absolute Gasteiger partial charge is 0.437 e. The summed E-state index contributed by atoms with van der Waals surface area (Å²) in [5.74, 6) is -4.42. The molecule has 7 nitrogen and oxygen atoms in total. The molecule has 1 aromatic heterocycles. The van der Waals surface area contributed by atoms with Crippen molar-refractivity contribution in [3.05, 3.63) is 46.2 Å². The number of amides is 2. The van der Waals surface area contributed by atoms with Gasteiger partial charge in [0.25, 0.3) is 0 Å². The van der Waals surface area contributed by atoms with Gasteiger partial charge in [0.2, 0.25) is 5.72 Å². The number of aromatic hydroxyl groups is 2. The number of benzene rings is 1. The number of carbonyl (C=O) groups is 2. The lowest BCUT2D eigenvalue weighted by atomic mass is 9.78. The van der Waals surface area contributed by atoms with Gasteiger partial charge in [-0.1, -0.05) is 12.1 Å². The van der Waals surface area contributed by atoms with Gasteiger partial charge in [0.1, 0.15) is 5.92 Å². The second-order valence-corrected chi connectivity index (χ2v) is 6.86. The molecule has 1 aliphatic rings. The Hall–Kier alpha value is -2.79. The molecule has 3 atom stereocenters. The fourth-order valence-corrected chi connectivity index (χ4v) is 3.63.